The third-order valence-corrected chi connectivity index (χ3v) is 2.35. The normalized spacial score (nSPS) is 9.80. The number of nitrogens with two attached hydrogens (primary N) is 1. The molecule has 20 heavy (non-hydrogen) atoms. The summed E-state index contributed by atoms with van der Waals surface area (Å²) in [5, 5.41) is 20.4. The first-order valence-electron chi connectivity index (χ1n) is 5.74. The van der Waals surface area contributed by atoms with Crippen LogP contribution in [0, 0.1) is 0 Å². The lowest BCUT2D eigenvalue weighted by molar-refractivity contribution is -0.135. The molecule has 0 saturated carbocycles. The number of aromatic hydroxyl groups is 1. The highest BCUT2D eigenvalue weighted by molar-refractivity contribution is 5.96. The van der Waals surface area contributed by atoms with Gasteiger partial charge in [0.25, 0.3) is 0 Å². The van der Waals surface area contributed by atoms with Crippen LogP contribution in [0.4, 0.5) is 10.5 Å². The summed E-state index contributed by atoms with van der Waals surface area (Å²) in [4.78, 5) is 34.2. The number of carbonyl (C=O) groups is 3. The van der Waals surface area contributed by atoms with Crippen LogP contribution in [-0.2, 0) is 9.59 Å². The zero-order valence-electron chi connectivity index (χ0n) is 10.6. The molecule has 1 rings (SSSR count). The van der Waals surface area contributed by atoms with Crippen LogP contribution in [0.5, 0.6) is 5.75 Å². The van der Waals surface area contributed by atoms with Crippen molar-refractivity contribution in [1.29, 1.82) is 0 Å². The van der Waals surface area contributed by atoms with E-state index < -0.39 is 24.5 Å². The number of amides is 3. The molecule has 0 saturated heterocycles. The van der Waals surface area contributed by atoms with E-state index in [1.165, 1.54) is 24.3 Å². The number of nitrogens with one attached hydrogen (secondary N) is 1. The van der Waals surface area contributed by atoms with E-state index >= 15 is 0 Å². The Balaban J connectivity index is 2.77. The first kappa shape index (κ1) is 15.3. The van der Waals surface area contributed by atoms with E-state index in [0.717, 1.165) is 4.90 Å². The number of primary amides is 1. The van der Waals surface area contributed by atoms with Gasteiger partial charge >= 0.3 is 12.0 Å². The molecule has 5 N–H and O–H groups in total. The van der Waals surface area contributed by atoms with Crippen molar-refractivity contribution in [1.82, 2.24) is 5.32 Å². The van der Waals surface area contributed by atoms with Gasteiger partial charge in [-0.05, 0) is 24.3 Å². The molecule has 0 bridgehead atoms. The smallest absolute Gasteiger partial charge is 0.323 e. The van der Waals surface area contributed by atoms with Gasteiger partial charge in [0.15, 0.2) is 0 Å². The summed E-state index contributed by atoms with van der Waals surface area (Å²) < 4.78 is 0. The highest BCUT2D eigenvalue weighted by atomic mass is 16.4. The quantitative estimate of drug-likeness (QED) is 0.576. The van der Waals surface area contributed by atoms with Gasteiger partial charge in [0.2, 0.25) is 5.91 Å². The number of carboxylic acids is 1. The fourth-order valence-corrected chi connectivity index (χ4v) is 1.44. The fraction of sp³-hybridized carbons (Fsp3) is 0.250. The number of hydrogen-bond donors (Lipinski definition) is 4. The van der Waals surface area contributed by atoms with Gasteiger partial charge in [-0.2, -0.15) is 0 Å². The van der Waals surface area contributed by atoms with Crippen LogP contribution in [0.3, 0.4) is 0 Å². The second-order valence-corrected chi connectivity index (χ2v) is 3.94. The van der Waals surface area contributed by atoms with Gasteiger partial charge in [0, 0.05) is 18.7 Å². The van der Waals surface area contributed by atoms with Gasteiger partial charge in [-0.3, -0.25) is 14.5 Å². The molecule has 0 heterocycles. The number of benzene rings is 1. The summed E-state index contributed by atoms with van der Waals surface area (Å²) in [7, 11) is 0. The van der Waals surface area contributed by atoms with Gasteiger partial charge in [-0.1, -0.05) is 0 Å². The lowest BCUT2D eigenvalue weighted by Gasteiger charge is -2.21. The maximum atomic E-state index is 11.9. The summed E-state index contributed by atoms with van der Waals surface area (Å²) in [6.45, 7) is -0.532. The molecule has 0 aliphatic rings. The van der Waals surface area contributed by atoms with Crippen molar-refractivity contribution in [2.24, 2.45) is 5.73 Å². The third-order valence-electron chi connectivity index (χ3n) is 2.35. The van der Waals surface area contributed by atoms with Gasteiger partial charge in [0.05, 0.1) is 0 Å². The van der Waals surface area contributed by atoms with Crippen LogP contribution < -0.4 is 16.0 Å². The highest BCUT2D eigenvalue weighted by Crippen LogP contribution is 2.18. The monoisotopic (exact) mass is 281 g/mol. The summed E-state index contributed by atoms with van der Waals surface area (Å²) in [6.07, 6.45) is -0.0395. The van der Waals surface area contributed by atoms with Crippen molar-refractivity contribution < 1.29 is 24.6 Å². The Morgan fingerprint density at radius 3 is 2.30 bits per heavy atom. The number of rotatable bonds is 6. The van der Waals surface area contributed by atoms with Gasteiger partial charge in [-0.15, -0.1) is 0 Å². The number of hydrogen-bond acceptors (Lipinski definition) is 4. The molecule has 0 aromatic heterocycles. The lowest BCUT2D eigenvalue weighted by Crippen LogP contribution is -2.43. The number of carboxylic acid groups (broad SMARTS) is 1. The van der Waals surface area contributed by atoms with Crippen molar-refractivity contribution in [2.45, 2.75) is 6.42 Å². The van der Waals surface area contributed by atoms with E-state index in [-0.39, 0.29) is 18.7 Å². The Hall–Kier alpha value is -2.77. The number of urea groups is 1. The lowest BCUT2D eigenvalue weighted by atomic mass is 10.2. The van der Waals surface area contributed by atoms with Crippen molar-refractivity contribution in [3.8, 4) is 5.75 Å². The number of anilines is 1. The highest BCUT2D eigenvalue weighted by Gasteiger charge is 2.18. The second kappa shape index (κ2) is 6.98. The SMILES string of the molecule is NC(=O)CCNC(=O)N(CC(=O)O)c1ccc(O)cc1. The Kier molecular flexibility index (Phi) is 5.33. The van der Waals surface area contributed by atoms with E-state index in [1.54, 1.807) is 0 Å². The molecule has 0 fully saturated rings. The minimum Gasteiger partial charge on any atom is -0.508 e. The Labute approximate surface area is 114 Å². The van der Waals surface area contributed by atoms with Crippen LogP contribution in [0.15, 0.2) is 24.3 Å². The van der Waals surface area contributed by atoms with Crippen LogP contribution >= 0.6 is 0 Å². The zero-order valence-corrected chi connectivity index (χ0v) is 10.6. The molecular formula is C12H15N3O5. The number of phenolic OH excluding ortho intramolecular Hbond substituents is 1. The Morgan fingerprint density at radius 1 is 1.20 bits per heavy atom. The van der Waals surface area contributed by atoms with Crippen molar-refractivity contribution in [3.63, 3.8) is 0 Å². The minimum atomic E-state index is -1.19. The molecular weight excluding hydrogens is 266 g/mol. The molecule has 0 atom stereocenters. The predicted molar refractivity (Wildman–Crippen MR) is 70.3 cm³/mol. The van der Waals surface area contributed by atoms with Crippen LogP contribution in [0.1, 0.15) is 6.42 Å². The average molecular weight is 281 g/mol. The summed E-state index contributed by atoms with van der Waals surface area (Å²) >= 11 is 0. The van der Waals surface area contributed by atoms with E-state index in [1.807, 2.05) is 0 Å². The van der Waals surface area contributed by atoms with Crippen LogP contribution in [0.2, 0.25) is 0 Å². The molecule has 1 aromatic carbocycles. The number of aliphatic carboxylic acids is 1. The molecule has 1 aromatic rings. The minimum absolute atomic E-state index is 0.00170. The summed E-state index contributed by atoms with van der Waals surface area (Å²) in [5.41, 5.74) is 5.24. The van der Waals surface area contributed by atoms with E-state index in [9.17, 15) is 19.5 Å². The molecule has 0 aliphatic carbocycles. The van der Waals surface area contributed by atoms with Crippen molar-refractivity contribution >= 4 is 23.6 Å². The molecule has 0 radical (unpaired) electrons. The molecule has 0 spiro atoms. The van der Waals surface area contributed by atoms with Crippen LogP contribution in [0.25, 0.3) is 0 Å². The molecule has 8 nitrogen and oxygen atoms in total. The summed E-state index contributed by atoms with van der Waals surface area (Å²) in [6, 6.07) is 4.82. The molecule has 3 amide bonds. The summed E-state index contributed by atoms with van der Waals surface area (Å²) in [5.74, 6) is -1.76. The molecule has 108 valence electrons. The van der Waals surface area contributed by atoms with E-state index in [0.29, 0.717) is 5.69 Å². The first-order valence-corrected chi connectivity index (χ1v) is 5.74. The largest absolute Gasteiger partial charge is 0.508 e. The van der Waals surface area contributed by atoms with Crippen molar-refractivity contribution in [2.75, 3.05) is 18.0 Å². The maximum absolute atomic E-state index is 11.9. The standard InChI is InChI=1S/C12H15N3O5/c13-10(17)5-6-14-12(20)15(7-11(18)19)8-1-3-9(16)4-2-8/h1-4,16H,5-7H2,(H2,13,17)(H,14,20)(H,18,19). The molecule has 8 heteroatoms. The van der Waals surface area contributed by atoms with Gasteiger partial charge in [-0.25, -0.2) is 4.79 Å². The van der Waals surface area contributed by atoms with Crippen LogP contribution in [-0.4, -0.2) is 41.2 Å². The second-order valence-electron chi connectivity index (χ2n) is 3.94. The van der Waals surface area contributed by atoms with Crippen molar-refractivity contribution in [3.05, 3.63) is 24.3 Å². The Bertz CT molecular complexity index is 500. The Morgan fingerprint density at radius 2 is 1.80 bits per heavy atom. The molecule has 0 aliphatic heterocycles. The third kappa shape index (κ3) is 4.84. The van der Waals surface area contributed by atoms with E-state index in [2.05, 4.69) is 5.32 Å². The first-order chi connectivity index (χ1) is 9.40. The fourth-order valence-electron chi connectivity index (χ4n) is 1.44. The zero-order chi connectivity index (χ0) is 15.1. The average Bonchev–Trinajstić information content (AvgIpc) is 2.36. The van der Waals surface area contributed by atoms with Gasteiger partial charge < -0.3 is 21.3 Å². The predicted octanol–water partition coefficient (Wildman–Crippen LogP) is -0.132. The number of carbonyl (C=O) groups excluding carboxylic acids is 2. The maximum Gasteiger partial charge on any atom is 0.323 e. The number of phenols is 1. The topological polar surface area (TPSA) is 133 Å². The number of nitrogens with zero attached hydrogens (tertiary/aromatic N) is 1. The van der Waals surface area contributed by atoms with Gasteiger partial charge in [0.1, 0.15) is 12.3 Å². The molecule has 0 unspecified atom stereocenters. The van der Waals surface area contributed by atoms with E-state index in [4.69, 9.17) is 10.8 Å².